The number of rotatable bonds is 5. The van der Waals surface area contributed by atoms with E-state index in [1.54, 1.807) is 0 Å². The zero-order chi connectivity index (χ0) is 16.8. The van der Waals surface area contributed by atoms with Gasteiger partial charge in [-0.15, -0.1) is 5.54 Å². The van der Waals surface area contributed by atoms with E-state index in [0.29, 0.717) is 0 Å². The zero-order valence-electron chi connectivity index (χ0n) is 12.7. The first-order valence-corrected chi connectivity index (χ1v) is 11.6. The SMILES string of the molecule is C[Si](C)(C)C#CCNC(=O)CNS(=O)(=O)c1ccccc1F. The van der Waals surface area contributed by atoms with Crippen molar-refractivity contribution in [1.29, 1.82) is 0 Å². The van der Waals surface area contributed by atoms with Gasteiger partial charge in [-0.05, 0) is 12.1 Å². The molecule has 120 valence electrons. The largest absolute Gasteiger partial charge is 0.344 e. The Balaban J connectivity index is 2.53. The molecule has 1 amide bonds. The van der Waals surface area contributed by atoms with Crippen LogP contribution >= 0.6 is 0 Å². The van der Waals surface area contributed by atoms with Crippen LogP contribution in [0.15, 0.2) is 29.2 Å². The van der Waals surface area contributed by atoms with Crippen molar-refractivity contribution in [3.8, 4) is 11.5 Å². The van der Waals surface area contributed by atoms with E-state index in [9.17, 15) is 17.6 Å². The van der Waals surface area contributed by atoms with Gasteiger partial charge in [-0.3, -0.25) is 4.79 Å². The minimum Gasteiger partial charge on any atom is -0.344 e. The molecule has 0 saturated carbocycles. The van der Waals surface area contributed by atoms with Gasteiger partial charge >= 0.3 is 0 Å². The van der Waals surface area contributed by atoms with Crippen molar-refractivity contribution in [2.24, 2.45) is 0 Å². The maximum absolute atomic E-state index is 13.4. The maximum atomic E-state index is 13.4. The molecule has 2 N–H and O–H groups in total. The van der Waals surface area contributed by atoms with E-state index in [1.807, 2.05) is 0 Å². The third kappa shape index (κ3) is 6.38. The summed E-state index contributed by atoms with van der Waals surface area (Å²) in [6.07, 6.45) is 0. The van der Waals surface area contributed by atoms with Crippen molar-refractivity contribution in [1.82, 2.24) is 10.0 Å². The van der Waals surface area contributed by atoms with Crippen LogP contribution < -0.4 is 10.0 Å². The van der Waals surface area contributed by atoms with Crippen LogP contribution in [-0.4, -0.2) is 35.5 Å². The number of carbonyl (C=O) groups excluding carboxylic acids is 1. The van der Waals surface area contributed by atoms with E-state index >= 15 is 0 Å². The summed E-state index contributed by atoms with van der Waals surface area (Å²) < 4.78 is 39.2. The minimum atomic E-state index is -4.05. The van der Waals surface area contributed by atoms with Crippen LogP contribution in [0.5, 0.6) is 0 Å². The van der Waals surface area contributed by atoms with Crippen LogP contribution in [0.3, 0.4) is 0 Å². The molecule has 0 aromatic heterocycles. The highest BCUT2D eigenvalue weighted by Crippen LogP contribution is 2.12. The molecule has 0 saturated heterocycles. The number of sulfonamides is 1. The summed E-state index contributed by atoms with van der Waals surface area (Å²) in [4.78, 5) is 11.1. The second kappa shape index (κ2) is 7.53. The van der Waals surface area contributed by atoms with Crippen LogP contribution in [0, 0.1) is 17.3 Å². The van der Waals surface area contributed by atoms with Crippen molar-refractivity contribution < 1.29 is 17.6 Å². The summed E-state index contributed by atoms with van der Waals surface area (Å²) in [5.41, 5.74) is 3.07. The Kier molecular flexibility index (Phi) is 6.29. The first kappa shape index (κ1) is 18.4. The smallest absolute Gasteiger partial charge is 0.243 e. The molecule has 0 heterocycles. The van der Waals surface area contributed by atoms with Crippen molar-refractivity contribution in [3.63, 3.8) is 0 Å². The molecule has 0 spiro atoms. The first-order chi connectivity index (χ1) is 10.1. The van der Waals surface area contributed by atoms with Gasteiger partial charge in [0, 0.05) is 0 Å². The average molecular weight is 342 g/mol. The first-order valence-electron chi connectivity index (χ1n) is 6.63. The molecule has 1 aromatic rings. The van der Waals surface area contributed by atoms with Crippen LogP contribution in [0.1, 0.15) is 0 Å². The lowest BCUT2D eigenvalue weighted by Gasteiger charge is -2.07. The standard InChI is InChI=1S/C14H19FN2O3SSi/c1-22(2,3)10-6-9-16-14(18)11-17-21(19,20)13-8-5-4-7-12(13)15/h4-5,7-8,17H,9,11H2,1-3H3,(H,16,18). The van der Waals surface area contributed by atoms with Crippen LogP contribution in [0.2, 0.25) is 19.6 Å². The highest BCUT2D eigenvalue weighted by Gasteiger charge is 2.19. The van der Waals surface area contributed by atoms with Gasteiger partial charge in [-0.25, -0.2) is 17.5 Å². The summed E-state index contributed by atoms with van der Waals surface area (Å²) in [6.45, 7) is 5.91. The topological polar surface area (TPSA) is 75.3 Å². The minimum absolute atomic E-state index is 0.157. The molecule has 0 bridgehead atoms. The molecule has 5 nitrogen and oxygen atoms in total. The van der Waals surface area contributed by atoms with Gasteiger partial charge in [0.05, 0.1) is 13.1 Å². The Labute approximate surface area is 131 Å². The van der Waals surface area contributed by atoms with Gasteiger partial charge in [0.15, 0.2) is 0 Å². The molecular formula is C14H19FN2O3SSi. The van der Waals surface area contributed by atoms with Crippen molar-refractivity contribution in [2.45, 2.75) is 24.5 Å². The lowest BCUT2D eigenvalue weighted by Crippen LogP contribution is -2.37. The highest BCUT2D eigenvalue weighted by molar-refractivity contribution is 7.89. The van der Waals surface area contributed by atoms with E-state index < -0.39 is 41.3 Å². The third-order valence-electron chi connectivity index (χ3n) is 2.39. The van der Waals surface area contributed by atoms with Crippen LogP contribution in [0.4, 0.5) is 4.39 Å². The Morgan fingerprint density at radius 3 is 2.50 bits per heavy atom. The summed E-state index contributed by atoms with van der Waals surface area (Å²) in [6, 6.07) is 4.97. The molecule has 8 heteroatoms. The molecule has 0 fully saturated rings. The summed E-state index contributed by atoms with van der Waals surface area (Å²) in [7, 11) is -5.55. The number of halogens is 1. The summed E-state index contributed by atoms with van der Waals surface area (Å²) in [5, 5.41) is 2.48. The lowest BCUT2D eigenvalue weighted by molar-refractivity contribution is -0.119. The fourth-order valence-corrected chi connectivity index (χ4v) is 3.09. The van der Waals surface area contributed by atoms with E-state index in [1.165, 1.54) is 12.1 Å². The highest BCUT2D eigenvalue weighted by atomic mass is 32.2. The predicted molar refractivity (Wildman–Crippen MR) is 85.7 cm³/mol. The van der Waals surface area contributed by atoms with Gasteiger partial charge in [-0.2, -0.15) is 0 Å². The van der Waals surface area contributed by atoms with E-state index in [-0.39, 0.29) is 6.54 Å². The Morgan fingerprint density at radius 2 is 1.91 bits per heavy atom. The molecule has 1 aromatic carbocycles. The number of benzene rings is 1. The lowest BCUT2D eigenvalue weighted by atomic mass is 10.4. The molecule has 0 aliphatic carbocycles. The van der Waals surface area contributed by atoms with E-state index in [4.69, 9.17) is 0 Å². The average Bonchev–Trinajstić information content (AvgIpc) is 2.41. The molecule has 0 aliphatic rings. The van der Waals surface area contributed by atoms with E-state index in [2.05, 4.69) is 41.1 Å². The number of amides is 1. The van der Waals surface area contributed by atoms with Crippen LogP contribution in [0.25, 0.3) is 0 Å². The van der Waals surface area contributed by atoms with E-state index in [0.717, 1.165) is 12.1 Å². The van der Waals surface area contributed by atoms with Gasteiger partial charge in [0.1, 0.15) is 18.8 Å². The van der Waals surface area contributed by atoms with Crippen LogP contribution in [-0.2, 0) is 14.8 Å². The van der Waals surface area contributed by atoms with Gasteiger partial charge in [0.2, 0.25) is 15.9 Å². The molecule has 1 rings (SSSR count). The molecule has 0 atom stereocenters. The maximum Gasteiger partial charge on any atom is 0.243 e. The van der Waals surface area contributed by atoms with Gasteiger partial charge in [0.25, 0.3) is 0 Å². The van der Waals surface area contributed by atoms with Gasteiger partial charge < -0.3 is 5.32 Å². The molecule has 0 unspecified atom stereocenters. The monoisotopic (exact) mass is 342 g/mol. The molecular weight excluding hydrogens is 323 g/mol. The van der Waals surface area contributed by atoms with Crippen molar-refractivity contribution in [2.75, 3.05) is 13.1 Å². The van der Waals surface area contributed by atoms with Crippen molar-refractivity contribution >= 4 is 24.0 Å². The second-order valence-corrected chi connectivity index (χ2v) is 12.1. The van der Waals surface area contributed by atoms with Gasteiger partial charge in [-0.1, -0.05) is 37.7 Å². The Bertz CT molecular complexity index is 703. The molecule has 0 aliphatic heterocycles. The fraction of sp³-hybridized carbons (Fsp3) is 0.357. The predicted octanol–water partition coefficient (Wildman–Crippen LogP) is 1.10. The normalized spacial score (nSPS) is 11.5. The fourth-order valence-electron chi connectivity index (χ4n) is 1.42. The zero-order valence-corrected chi connectivity index (χ0v) is 14.6. The number of carbonyl (C=O) groups is 1. The number of hydrogen-bond acceptors (Lipinski definition) is 3. The Morgan fingerprint density at radius 1 is 1.27 bits per heavy atom. The summed E-state index contributed by atoms with van der Waals surface area (Å²) >= 11 is 0. The molecule has 22 heavy (non-hydrogen) atoms. The molecule has 0 radical (unpaired) electrons. The third-order valence-corrected chi connectivity index (χ3v) is 4.75. The summed E-state index contributed by atoms with van der Waals surface area (Å²) in [5.74, 6) is 1.45. The number of hydrogen-bond donors (Lipinski definition) is 2. The number of nitrogens with one attached hydrogen (secondary N) is 2. The van der Waals surface area contributed by atoms with Crippen molar-refractivity contribution in [3.05, 3.63) is 30.1 Å². The Hall–Kier alpha value is -1.69. The second-order valence-electron chi connectivity index (χ2n) is 5.58. The quantitative estimate of drug-likeness (QED) is 0.621.